The van der Waals surface area contributed by atoms with Crippen LogP contribution in [0.5, 0.6) is 0 Å². The zero-order valence-corrected chi connectivity index (χ0v) is 35.8. The van der Waals surface area contributed by atoms with Crippen LogP contribution in [0.25, 0.3) is 0 Å². The minimum Gasteiger partial charge on any atom is -0.455 e. The van der Waals surface area contributed by atoms with Crippen LogP contribution in [0.15, 0.2) is 12.2 Å². The second kappa shape index (κ2) is 18.9. The third-order valence-corrected chi connectivity index (χ3v) is 14.7. The van der Waals surface area contributed by atoms with Crippen LogP contribution in [0.2, 0.25) is 0 Å². The van der Waals surface area contributed by atoms with E-state index in [4.69, 9.17) is 33.2 Å². The van der Waals surface area contributed by atoms with E-state index in [0.29, 0.717) is 44.7 Å². The largest absolute Gasteiger partial charge is 0.455 e. The molecule has 0 spiro atoms. The Hall–Kier alpha value is -1.03. The second-order valence-corrected chi connectivity index (χ2v) is 19.5. The molecule has 0 aromatic heterocycles. The Bertz CT molecular complexity index is 1100. The molecule has 3 unspecified atom stereocenters. The summed E-state index contributed by atoms with van der Waals surface area (Å²) in [5, 5.41) is 0. The predicted octanol–water partition coefficient (Wildman–Crippen LogP) is 11.1. The van der Waals surface area contributed by atoms with Gasteiger partial charge in [-0.1, -0.05) is 65.9 Å². The van der Waals surface area contributed by atoms with Gasteiger partial charge in [0.05, 0.1) is 53.4 Å². The molecule has 8 heteroatoms. The summed E-state index contributed by atoms with van der Waals surface area (Å²) in [5.41, 5.74) is -1.34. The summed E-state index contributed by atoms with van der Waals surface area (Å²) < 4.78 is 46.4. The van der Waals surface area contributed by atoms with Gasteiger partial charge in [-0.15, -0.1) is 0 Å². The zero-order chi connectivity index (χ0) is 38.9. The highest BCUT2D eigenvalue weighted by Gasteiger charge is 2.72. The van der Waals surface area contributed by atoms with E-state index in [1.807, 2.05) is 0 Å². The number of carbonyl (C=O) groups excluding carboxylic acids is 1. The van der Waals surface area contributed by atoms with Crippen LogP contribution in [-0.2, 0) is 38.0 Å². The van der Waals surface area contributed by atoms with Crippen LogP contribution in [0.1, 0.15) is 201 Å². The van der Waals surface area contributed by atoms with Gasteiger partial charge in [-0.05, 0) is 103 Å². The molecular formula is C47H80O8. The molecule has 4 aliphatic carbocycles. The molecule has 0 N–H and O–H groups in total. The van der Waals surface area contributed by atoms with Crippen molar-refractivity contribution >= 4 is 5.97 Å². The smallest absolute Gasteiger partial charge is 0.333 e. The number of unbranched alkanes of at least 4 members (excludes halogenated alkanes) is 6. The molecule has 0 amide bonds. The lowest BCUT2D eigenvalue weighted by atomic mass is 9.48. The summed E-state index contributed by atoms with van der Waals surface area (Å²) in [6.07, 6.45) is 28.7. The van der Waals surface area contributed by atoms with E-state index in [1.54, 1.807) is 6.92 Å². The van der Waals surface area contributed by atoms with Crippen LogP contribution >= 0.6 is 0 Å². The maximum Gasteiger partial charge on any atom is 0.333 e. The van der Waals surface area contributed by atoms with E-state index < -0.39 is 22.4 Å². The Morgan fingerprint density at radius 1 is 0.491 bits per heavy atom. The number of hydrogen-bond acceptors (Lipinski definition) is 8. The van der Waals surface area contributed by atoms with Crippen molar-refractivity contribution in [2.45, 2.75) is 240 Å². The van der Waals surface area contributed by atoms with Crippen LogP contribution in [0.4, 0.5) is 0 Å². The number of rotatable bonds is 29. The highest BCUT2D eigenvalue weighted by Crippen LogP contribution is 2.65. The summed E-state index contributed by atoms with van der Waals surface area (Å²) in [7, 11) is 0. The predicted molar refractivity (Wildman–Crippen MR) is 217 cm³/mol. The van der Waals surface area contributed by atoms with Gasteiger partial charge in [0.15, 0.2) is 0 Å². The molecule has 7 fully saturated rings. The maximum atomic E-state index is 13.4. The number of carbonyl (C=O) groups is 1. The van der Waals surface area contributed by atoms with Crippen molar-refractivity contribution in [3.8, 4) is 0 Å². The molecule has 7 aliphatic rings. The summed E-state index contributed by atoms with van der Waals surface area (Å²) in [4.78, 5) is 13.4. The van der Waals surface area contributed by atoms with E-state index >= 15 is 0 Å². The Morgan fingerprint density at radius 2 is 0.782 bits per heavy atom. The van der Waals surface area contributed by atoms with Crippen molar-refractivity contribution in [1.29, 1.82) is 0 Å². The first-order valence-corrected chi connectivity index (χ1v) is 23.2. The molecule has 3 aliphatic heterocycles. The maximum absolute atomic E-state index is 13.4. The highest BCUT2D eigenvalue weighted by molar-refractivity contribution is 5.87. The molecule has 3 heterocycles. The lowest BCUT2D eigenvalue weighted by Crippen LogP contribution is -2.74. The third kappa shape index (κ3) is 10.8. The van der Waals surface area contributed by atoms with Gasteiger partial charge in [0.25, 0.3) is 0 Å². The van der Waals surface area contributed by atoms with Gasteiger partial charge in [0, 0.05) is 63.9 Å². The van der Waals surface area contributed by atoms with Crippen molar-refractivity contribution in [3.05, 3.63) is 12.2 Å². The van der Waals surface area contributed by atoms with Crippen LogP contribution < -0.4 is 0 Å². The third-order valence-electron chi connectivity index (χ3n) is 14.7. The number of ether oxygens (including phenoxy) is 7. The Balaban J connectivity index is 1.13. The standard InChI is InChI=1S/C47H80O8/c1-6-9-18-41(24-30-52-41)21-12-15-27-49-44-33-45(50-28-16-13-22-42(19-10-7-2)25-31-53-42)35-46(34-44,38-47(36-44,37-45)55-40(48)39(4)5)51-29-17-14-23-43(20-11-8-3)26-32-54-43/h4,6-38H2,1-3,5H3. The minimum atomic E-state index is -0.692. The molecule has 55 heavy (non-hydrogen) atoms. The number of esters is 1. The van der Waals surface area contributed by atoms with Crippen molar-refractivity contribution in [2.75, 3.05) is 39.6 Å². The average Bonchev–Trinajstić information content (AvgIpc) is 3.08. The van der Waals surface area contributed by atoms with Crippen molar-refractivity contribution in [1.82, 2.24) is 0 Å². The van der Waals surface area contributed by atoms with E-state index in [0.717, 1.165) is 96.9 Å². The lowest BCUT2D eigenvalue weighted by molar-refractivity contribution is -0.327. The average molecular weight is 773 g/mol. The van der Waals surface area contributed by atoms with Crippen molar-refractivity contribution in [2.24, 2.45) is 0 Å². The van der Waals surface area contributed by atoms with Gasteiger partial charge in [-0.2, -0.15) is 0 Å². The fraction of sp³-hybridized carbons (Fsp3) is 0.936. The molecule has 0 aromatic carbocycles. The first-order chi connectivity index (χ1) is 26.5. The van der Waals surface area contributed by atoms with Gasteiger partial charge in [-0.3, -0.25) is 0 Å². The van der Waals surface area contributed by atoms with Gasteiger partial charge >= 0.3 is 5.97 Å². The normalized spacial score (nSPS) is 37.3. The van der Waals surface area contributed by atoms with Gasteiger partial charge in [0.1, 0.15) is 5.60 Å². The Labute approximate surface area is 335 Å². The van der Waals surface area contributed by atoms with Crippen LogP contribution in [-0.4, -0.2) is 84.8 Å². The Kier molecular flexibility index (Phi) is 15.0. The summed E-state index contributed by atoms with van der Waals surface area (Å²) in [6.45, 7) is 17.3. The minimum absolute atomic E-state index is 0.0914. The van der Waals surface area contributed by atoms with E-state index in [1.165, 1.54) is 77.0 Å². The Morgan fingerprint density at radius 3 is 1.04 bits per heavy atom. The zero-order valence-electron chi connectivity index (χ0n) is 35.8. The molecule has 7 rings (SSSR count). The lowest BCUT2D eigenvalue weighted by Gasteiger charge is -2.68. The van der Waals surface area contributed by atoms with Gasteiger partial charge in [-0.25, -0.2) is 4.79 Å². The topological polar surface area (TPSA) is 81.7 Å². The molecule has 0 aromatic rings. The first-order valence-electron chi connectivity index (χ1n) is 23.2. The summed E-state index contributed by atoms with van der Waals surface area (Å²) in [6, 6.07) is 0. The van der Waals surface area contributed by atoms with Crippen LogP contribution in [0.3, 0.4) is 0 Å². The molecule has 3 atom stereocenters. The molecule has 4 bridgehead atoms. The summed E-state index contributed by atoms with van der Waals surface area (Å²) >= 11 is 0. The van der Waals surface area contributed by atoms with E-state index in [-0.39, 0.29) is 22.8 Å². The second-order valence-electron chi connectivity index (χ2n) is 19.5. The first kappa shape index (κ1) is 43.5. The van der Waals surface area contributed by atoms with Crippen molar-refractivity contribution in [3.63, 3.8) is 0 Å². The highest BCUT2D eigenvalue weighted by atomic mass is 16.6. The molecule has 4 saturated carbocycles. The monoisotopic (exact) mass is 773 g/mol. The van der Waals surface area contributed by atoms with E-state index in [2.05, 4.69) is 27.4 Å². The van der Waals surface area contributed by atoms with Crippen molar-refractivity contribution < 1.29 is 38.0 Å². The summed E-state index contributed by atoms with van der Waals surface area (Å²) in [5.74, 6) is -0.309. The number of hydrogen-bond donors (Lipinski definition) is 0. The van der Waals surface area contributed by atoms with Crippen LogP contribution in [0, 0.1) is 0 Å². The molecule has 0 radical (unpaired) electrons. The quantitative estimate of drug-likeness (QED) is 0.0422. The van der Waals surface area contributed by atoms with Gasteiger partial charge < -0.3 is 33.2 Å². The fourth-order valence-corrected chi connectivity index (χ4v) is 11.9. The van der Waals surface area contributed by atoms with E-state index in [9.17, 15) is 4.79 Å². The molecule has 8 nitrogen and oxygen atoms in total. The molecule has 3 saturated heterocycles. The van der Waals surface area contributed by atoms with Gasteiger partial charge in [0.2, 0.25) is 0 Å². The fourth-order valence-electron chi connectivity index (χ4n) is 11.9. The SMILES string of the molecule is C=C(C)C(=O)OC12CC3(OCCCCC4(CCCC)CCO4)CC(OCCCCC4(CCCC)CCO4)(CC(OCCCCC4(CCCC)CCO4)(C3)C1)C2. The molecule has 316 valence electrons. The molecular weight excluding hydrogens is 693 g/mol.